The predicted octanol–water partition coefficient (Wildman–Crippen LogP) is 3.99. The Bertz CT molecular complexity index is 794. The highest BCUT2D eigenvalue weighted by molar-refractivity contribution is 6.01. The molecule has 0 aliphatic heterocycles. The fourth-order valence-corrected chi connectivity index (χ4v) is 2.40. The Kier molecular flexibility index (Phi) is 5.02. The van der Waals surface area contributed by atoms with Gasteiger partial charge in [0.05, 0.1) is 6.04 Å². The lowest BCUT2D eigenvalue weighted by molar-refractivity contribution is -0.117. The number of aryl methyl sites for hydroxylation is 3. The van der Waals surface area contributed by atoms with Gasteiger partial charge in [0, 0.05) is 6.08 Å². The fraction of sp³-hybridized carbons (Fsp3) is 0.263. The maximum absolute atomic E-state index is 12.3. The molecule has 0 saturated heterocycles. The van der Waals surface area contributed by atoms with E-state index in [1.54, 1.807) is 12.1 Å². The summed E-state index contributed by atoms with van der Waals surface area (Å²) in [6.07, 6.45) is 1.46. The van der Waals surface area contributed by atoms with Crippen LogP contribution in [0, 0.1) is 32.1 Å². The molecular formula is C19H20N2O2. The van der Waals surface area contributed by atoms with E-state index in [2.05, 4.69) is 5.32 Å². The van der Waals surface area contributed by atoms with Crippen LogP contribution in [0.5, 0.6) is 0 Å². The van der Waals surface area contributed by atoms with E-state index >= 15 is 0 Å². The number of nitrogens with one attached hydrogen (secondary N) is 1. The summed E-state index contributed by atoms with van der Waals surface area (Å²) in [6, 6.07) is 11.4. The number of nitriles is 1. The van der Waals surface area contributed by atoms with E-state index in [-0.39, 0.29) is 11.6 Å². The van der Waals surface area contributed by atoms with Crippen LogP contribution in [0.15, 0.2) is 40.3 Å². The molecule has 0 aliphatic carbocycles. The Hall–Kier alpha value is -2.80. The average Bonchev–Trinajstić information content (AvgIpc) is 2.92. The minimum absolute atomic E-state index is 0.0245. The molecule has 1 aromatic heterocycles. The quantitative estimate of drug-likeness (QED) is 0.686. The highest BCUT2D eigenvalue weighted by atomic mass is 16.3. The lowest BCUT2D eigenvalue weighted by Gasteiger charge is -2.17. The molecule has 4 nitrogen and oxygen atoms in total. The van der Waals surface area contributed by atoms with Crippen molar-refractivity contribution in [3.05, 3.63) is 64.1 Å². The first kappa shape index (κ1) is 16.6. The number of hydrogen-bond acceptors (Lipinski definition) is 3. The molecule has 2 rings (SSSR count). The van der Waals surface area contributed by atoms with Crippen LogP contribution in [0.1, 0.15) is 41.2 Å². The highest BCUT2D eigenvalue weighted by Gasteiger charge is 2.16. The summed E-state index contributed by atoms with van der Waals surface area (Å²) >= 11 is 0. The number of carbonyl (C=O) groups excluding carboxylic acids is 1. The summed E-state index contributed by atoms with van der Waals surface area (Å²) in [7, 11) is 0. The summed E-state index contributed by atoms with van der Waals surface area (Å²) in [4.78, 5) is 12.3. The van der Waals surface area contributed by atoms with Crippen molar-refractivity contribution in [3.63, 3.8) is 0 Å². The van der Waals surface area contributed by atoms with Gasteiger partial charge in [-0.2, -0.15) is 5.26 Å². The third-order valence-corrected chi connectivity index (χ3v) is 3.66. The number of amides is 1. The van der Waals surface area contributed by atoms with Crippen LogP contribution in [-0.4, -0.2) is 5.91 Å². The van der Waals surface area contributed by atoms with E-state index in [9.17, 15) is 10.1 Å². The van der Waals surface area contributed by atoms with Gasteiger partial charge in [-0.05, 0) is 51.0 Å². The van der Waals surface area contributed by atoms with Crippen molar-refractivity contribution in [2.75, 3.05) is 0 Å². The third kappa shape index (κ3) is 4.10. The third-order valence-electron chi connectivity index (χ3n) is 3.66. The zero-order valence-electron chi connectivity index (χ0n) is 13.8. The Morgan fingerprint density at radius 2 is 2.00 bits per heavy atom. The standard InChI is InChI=1S/C19H20N2O2/c1-12-5-6-13(2)18(9-12)15(4)21-19(22)16(11-20)10-17-8-7-14(3)23-17/h5-10,15H,1-4H3,(H,21,22)/b16-10-. The Morgan fingerprint density at radius 3 is 2.61 bits per heavy atom. The maximum atomic E-state index is 12.3. The normalized spacial score (nSPS) is 12.6. The van der Waals surface area contributed by atoms with Gasteiger partial charge in [0.2, 0.25) is 0 Å². The van der Waals surface area contributed by atoms with E-state index in [1.165, 1.54) is 6.08 Å². The molecule has 1 heterocycles. The summed E-state index contributed by atoms with van der Waals surface area (Å²) in [6.45, 7) is 7.74. The van der Waals surface area contributed by atoms with E-state index in [0.717, 1.165) is 22.5 Å². The van der Waals surface area contributed by atoms with E-state index in [0.29, 0.717) is 5.76 Å². The monoisotopic (exact) mass is 308 g/mol. The van der Waals surface area contributed by atoms with E-state index in [1.807, 2.05) is 52.0 Å². The van der Waals surface area contributed by atoms with Crippen molar-refractivity contribution in [2.24, 2.45) is 0 Å². The Morgan fingerprint density at radius 1 is 1.26 bits per heavy atom. The van der Waals surface area contributed by atoms with Gasteiger partial charge < -0.3 is 9.73 Å². The molecule has 0 fully saturated rings. The lowest BCUT2D eigenvalue weighted by atomic mass is 10.00. The SMILES string of the molecule is Cc1ccc(C)c(C(C)NC(=O)/C(C#N)=C\c2ccc(C)o2)c1. The largest absolute Gasteiger partial charge is 0.462 e. The van der Waals surface area contributed by atoms with Crippen molar-refractivity contribution in [1.29, 1.82) is 5.26 Å². The number of nitrogens with zero attached hydrogens (tertiary/aromatic N) is 1. The molecule has 1 aromatic carbocycles. The first-order valence-corrected chi connectivity index (χ1v) is 7.47. The molecular weight excluding hydrogens is 288 g/mol. The molecule has 23 heavy (non-hydrogen) atoms. The van der Waals surface area contributed by atoms with Crippen LogP contribution in [0.2, 0.25) is 0 Å². The zero-order chi connectivity index (χ0) is 17.0. The summed E-state index contributed by atoms with van der Waals surface area (Å²) < 4.78 is 5.38. The average molecular weight is 308 g/mol. The summed E-state index contributed by atoms with van der Waals surface area (Å²) in [5.41, 5.74) is 3.31. The van der Waals surface area contributed by atoms with Crippen LogP contribution in [-0.2, 0) is 4.79 Å². The molecule has 0 spiro atoms. The predicted molar refractivity (Wildman–Crippen MR) is 89.5 cm³/mol. The van der Waals surface area contributed by atoms with Crippen molar-refractivity contribution in [2.45, 2.75) is 33.7 Å². The number of carbonyl (C=O) groups is 1. The number of hydrogen-bond donors (Lipinski definition) is 1. The van der Waals surface area contributed by atoms with Crippen LogP contribution < -0.4 is 5.32 Å². The number of rotatable bonds is 4. The molecule has 0 bridgehead atoms. The van der Waals surface area contributed by atoms with Gasteiger partial charge in [-0.1, -0.05) is 23.8 Å². The second-order valence-electron chi connectivity index (χ2n) is 5.67. The van der Waals surface area contributed by atoms with E-state index < -0.39 is 5.91 Å². The smallest absolute Gasteiger partial charge is 0.262 e. The molecule has 0 radical (unpaired) electrons. The topological polar surface area (TPSA) is 66.0 Å². The first-order chi connectivity index (χ1) is 10.9. The molecule has 0 saturated carbocycles. The molecule has 1 atom stereocenters. The molecule has 1 N–H and O–H groups in total. The van der Waals surface area contributed by atoms with Crippen LogP contribution in [0.3, 0.4) is 0 Å². The fourth-order valence-electron chi connectivity index (χ4n) is 2.40. The summed E-state index contributed by atoms with van der Waals surface area (Å²) in [5, 5.41) is 12.1. The van der Waals surface area contributed by atoms with E-state index in [4.69, 9.17) is 4.42 Å². The van der Waals surface area contributed by atoms with Crippen LogP contribution in [0.25, 0.3) is 6.08 Å². The highest BCUT2D eigenvalue weighted by Crippen LogP contribution is 2.19. The molecule has 4 heteroatoms. The molecule has 0 aliphatic rings. The second-order valence-corrected chi connectivity index (χ2v) is 5.67. The van der Waals surface area contributed by atoms with Crippen molar-refractivity contribution in [3.8, 4) is 6.07 Å². The second kappa shape index (κ2) is 6.97. The van der Waals surface area contributed by atoms with Gasteiger partial charge in [0.15, 0.2) is 0 Å². The molecule has 2 aromatic rings. The van der Waals surface area contributed by atoms with Crippen molar-refractivity contribution in [1.82, 2.24) is 5.32 Å². The van der Waals surface area contributed by atoms with Gasteiger partial charge in [-0.25, -0.2) is 0 Å². The van der Waals surface area contributed by atoms with Gasteiger partial charge in [-0.15, -0.1) is 0 Å². The van der Waals surface area contributed by atoms with Gasteiger partial charge >= 0.3 is 0 Å². The maximum Gasteiger partial charge on any atom is 0.262 e. The minimum atomic E-state index is -0.407. The zero-order valence-corrected chi connectivity index (χ0v) is 13.8. The lowest BCUT2D eigenvalue weighted by Crippen LogP contribution is -2.28. The number of furan rings is 1. The minimum Gasteiger partial charge on any atom is -0.462 e. The van der Waals surface area contributed by atoms with Crippen molar-refractivity contribution < 1.29 is 9.21 Å². The molecule has 1 unspecified atom stereocenters. The van der Waals surface area contributed by atoms with Crippen LogP contribution >= 0.6 is 0 Å². The van der Waals surface area contributed by atoms with Gasteiger partial charge in [-0.3, -0.25) is 4.79 Å². The first-order valence-electron chi connectivity index (χ1n) is 7.47. The van der Waals surface area contributed by atoms with Crippen LogP contribution in [0.4, 0.5) is 0 Å². The number of benzene rings is 1. The van der Waals surface area contributed by atoms with Gasteiger partial charge in [0.25, 0.3) is 5.91 Å². The Labute approximate surface area is 136 Å². The summed E-state index contributed by atoms with van der Waals surface area (Å²) in [5.74, 6) is 0.821. The molecule has 118 valence electrons. The Balaban J connectivity index is 2.18. The molecule has 1 amide bonds. The van der Waals surface area contributed by atoms with Gasteiger partial charge in [0.1, 0.15) is 23.2 Å². The van der Waals surface area contributed by atoms with Crippen molar-refractivity contribution >= 4 is 12.0 Å².